The van der Waals surface area contributed by atoms with Crippen LogP contribution in [0.25, 0.3) is 0 Å². The van der Waals surface area contributed by atoms with E-state index in [2.05, 4.69) is 15.0 Å². The molecule has 16 heavy (non-hydrogen) atoms. The minimum Gasteiger partial charge on any atom is -0.467 e. The Balaban J connectivity index is 2.66. The predicted molar refractivity (Wildman–Crippen MR) is 57.8 cm³/mol. The molecule has 0 fully saturated rings. The average Bonchev–Trinajstić information content (AvgIpc) is 2.35. The number of amides is 1. The van der Waals surface area contributed by atoms with E-state index < -0.39 is 12.0 Å². The third-order valence-corrected chi connectivity index (χ3v) is 2.10. The maximum absolute atomic E-state index is 11.7. The minimum absolute atomic E-state index is 0.282. The lowest BCUT2D eigenvalue weighted by Crippen LogP contribution is -2.41. The first kappa shape index (κ1) is 12.2. The lowest BCUT2D eigenvalue weighted by molar-refractivity contribution is -0.142. The molecule has 1 atom stereocenters. The molecule has 5 nitrogen and oxygen atoms in total. The van der Waals surface area contributed by atoms with E-state index in [1.807, 2.05) is 0 Å². The smallest absolute Gasteiger partial charge is 0.328 e. The van der Waals surface area contributed by atoms with Crippen LogP contribution in [0.3, 0.4) is 0 Å². The zero-order valence-corrected chi connectivity index (χ0v) is 9.27. The highest BCUT2D eigenvalue weighted by Crippen LogP contribution is 1.98. The molecular formula is C11H14N2O3. The molecule has 0 aromatic carbocycles. The largest absolute Gasteiger partial charge is 0.467 e. The van der Waals surface area contributed by atoms with Gasteiger partial charge in [-0.2, -0.15) is 0 Å². The molecule has 1 rings (SSSR count). The molecule has 0 radical (unpaired) electrons. The van der Waals surface area contributed by atoms with E-state index in [9.17, 15) is 9.59 Å². The van der Waals surface area contributed by atoms with Crippen LogP contribution in [0.2, 0.25) is 0 Å². The number of esters is 1. The SMILES string of the molecule is CC[C@H](NC(=O)c1ccccn1)C(=O)OC. The first-order valence-electron chi connectivity index (χ1n) is 4.98. The molecule has 0 saturated heterocycles. The second-order valence-electron chi connectivity index (χ2n) is 3.17. The average molecular weight is 222 g/mol. The summed E-state index contributed by atoms with van der Waals surface area (Å²) in [6, 6.07) is 4.38. The van der Waals surface area contributed by atoms with E-state index in [0.29, 0.717) is 6.42 Å². The van der Waals surface area contributed by atoms with Crippen molar-refractivity contribution in [1.82, 2.24) is 10.3 Å². The van der Waals surface area contributed by atoms with Gasteiger partial charge in [0, 0.05) is 6.20 Å². The van der Waals surface area contributed by atoms with Gasteiger partial charge in [0.25, 0.3) is 5.91 Å². The van der Waals surface area contributed by atoms with Crippen molar-refractivity contribution >= 4 is 11.9 Å². The zero-order valence-electron chi connectivity index (χ0n) is 9.27. The Morgan fingerprint density at radius 3 is 2.75 bits per heavy atom. The first-order valence-corrected chi connectivity index (χ1v) is 4.98. The Kier molecular flexibility index (Phi) is 4.44. The van der Waals surface area contributed by atoms with E-state index in [-0.39, 0.29) is 11.6 Å². The van der Waals surface area contributed by atoms with Crippen molar-refractivity contribution in [2.75, 3.05) is 7.11 Å². The fourth-order valence-corrected chi connectivity index (χ4v) is 1.20. The maximum Gasteiger partial charge on any atom is 0.328 e. The Morgan fingerprint density at radius 1 is 1.50 bits per heavy atom. The van der Waals surface area contributed by atoms with E-state index in [1.54, 1.807) is 25.1 Å². The molecular weight excluding hydrogens is 208 g/mol. The van der Waals surface area contributed by atoms with Crippen LogP contribution in [0.1, 0.15) is 23.8 Å². The fourth-order valence-electron chi connectivity index (χ4n) is 1.20. The number of pyridine rings is 1. The molecule has 0 aliphatic rings. The number of ether oxygens (including phenoxy) is 1. The second-order valence-corrected chi connectivity index (χ2v) is 3.17. The number of nitrogens with one attached hydrogen (secondary N) is 1. The lowest BCUT2D eigenvalue weighted by atomic mass is 10.2. The van der Waals surface area contributed by atoms with Gasteiger partial charge in [-0.15, -0.1) is 0 Å². The third kappa shape index (κ3) is 3.05. The summed E-state index contributed by atoms with van der Waals surface area (Å²) in [4.78, 5) is 26.8. The summed E-state index contributed by atoms with van der Waals surface area (Å²) < 4.78 is 4.57. The standard InChI is InChI=1S/C11H14N2O3/c1-3-8(11(15)16-2)13-10(14)9-6-4-5-7-12-9/h4-8H,3H2,1-2H3,(H,13,14)/t8-/m0/s1. The van der Waals surface area contributed by atoms with Gasteiger partial charge in [0.2, 0.25) is 0 Å². The monoisotopic (exact) mass is 222 g/mol. The van der Waals surface area contributed by atoms with E-state index >= 15 is 0 Å². The molecule has 0 aliphatic carbocycles. The normalized spacial score (nSPS) is 11.6. The van der Waals surface area contributed by atoms with Crippen LogP contribution in [0, 0.1) is 0 Å². The molecule has 1 heterocycles. The number of hydrogen-bond acceptors (Lipinski definition) is 4. The minimum atomic E-state index is -0.625. The van der Waals surface area contributed by atoms with Gasteiger partial charge < -0.3 is 10.1 Å². The number of nitrogens with zero attached hydrogens (tertiary/aromatic N) is 1. The van der Waals surface area contributed by atoms with Gasteiger partial charge in [0.05, 0.1) is 7.11 Å². The fraction of sp³-hybridized carbons (Fsp3) is 0.364. The highest BCUT2D eigenvalue weighted by Gasteiger charge is 2.20. The Hall–Kier alpha value is -1.91. The van der Waals surface area contributed by atoms with Gasteiger partial charge in [0.1, 0.15) is 11.7 Å². The van der Waals surface area contributed by atoms with Crippen molar-refractivity contribution in [3.05, 3.63) is 30.1 Å². The molecule has 0 saturated carbocycles. The first-order chi connectivity index (χ1) is 7.69. The molecule has 1 amide bonds. The summed E-state index contributed by atoms with van der Waals surface area (Å²) in [6.45, 7) is 1.79. The number of rotatable bonds is 4. The zero-order chi connectivity index (χ0) is 12.0. The molecule has 0 bridgehead atoms. The summed E-state index contributed by atoms with van der Waals surface area (Å²) in [5.74, 6) is -0.829. The number of carbonyl (C=O) groups is 2. The summed E-state index contributed by atoms with van der Waals surface area (Å²) in [7, 11) is 1.29. The number of carbonyl (C=O) groups excluding carboxylic acids is 2. The van der Waals surface area contributed by atoms with Crippen molar-refractivity contribution in [2.24, 2.45) is 0 Å². The highest BCUT2D eigenvalue weighted by molar-refractivity contribution is 5.95. The molecule has 1 N–H and O–H groups in total. The van der Waals surface area contributed by atoms with Gasteiger partial charge >= 0.3 is 5.97 Å². The van der Waals surface area contributed by atoms with Crippen LogP contribution in [0.5, 0.6) is 0 Å². The van der Waals surface area contributed by atoms with Crippen molar-refractivity contribution < 1.29 is 14.3 Å². The van der Waals surface area contributed by atoms with Crippen molar-refractivity contribution in [1.29, 1.82) is 0 Å². The summed E-state index contributed by atoms with van der Waals surface area (Å²) in [5.41, 5.74) is 0.282. The molecule has 1 aromatic heterocycles. The predicted octanol–water partition coefficient (Wildman–Crippen LogP) is 0.763. The summed E-state index contributed by atoms with van der Waals surface area (Å²) >= 11 is 0. The van der Waals surface area contributed by atoms with Crippen LogP contribution >= 0.6 is 0 Å². The van der Waals surface area contributed by atoms with Crippen LogP contribution in [-0.4, -0.2) is 30.0 Å². The van der Waals surface area contributed by atoms with Gasteiger partial charge in [-0.3, -0.25) is 9.78 Å². The molecule has 0 spiro atoms. The number of methoxy groups -OCH3 is 1. The topological polar surface area (TPSA) is 68.3 Å². The van der Waals surface area contributed by atoms with Gasteiger partial charge in [-0.05, 0) is 18.6 Å². The van der Waals surface area contributed by atoms with E-state index in [0.717, 1.165) is 0 Å². The molecule has 86 valence electrons. The summed E-state index contributed by atoms with van der Waals surface area (Å²) in [6.07, 6.45) is 2.00. The van der Waals surface area contributed by atoms with Gasteiger partial charge in [-0.25, -0.2) is 4.79 Å². The van der Waals surface area contributed by atoms with Crippen LogP contribution in [0.15, 0.2) is 24.4 Å². The third-order valence-electron chi connectivity index (χ3n) is 2.10. The van der Waals surface area contributed by atoms with Gasteiger partial charge in [-0.1, -0.05) is 13.0 Å². The Bertz CT molecular complexity index is 365. The van der Waals surface area contributed by atoms with Crippen molar-refractivity contribution in [3.63, 3.8) is 0 Å². The van der Waals surface area contributed by atoms with Crippen LogP contribution in [0.4, 0.5) is 0 Å². The van der Waals surface area contributed by atoms with Gasteiger partial charge in [0.15, 0.2) is 0 Å². The Morgan fingerprint density at radius 2 is 2.25 bits per heavy atom. The van der Waals surface area contributed by atoms with E-state index in [4.69, 9.17) is 0 Å². The quantitative estimate of drug-likeness (QED) is 0.764. The highest BCUT2D eigenvalue weighted by atomic mass is 16.5. The Labute approximate surface area is 93.8 Å². The summed E-state index contributed by atoms with van der Waals surface area (Å²) in [5, 5.41) is 2.56. The van der Waals surface area contributed by atoms with Crippen LogP contribution < -0.4 is 5.32 Å². The second kappa shape index (κ2) is 5.85. The van der Waals surface area contributed by atoms with E-state index in [1.165, 1.54) is 13.3 Å². The van der Waals surface area contributed by atoms with Crippen molar-refractivity contribution in [3.8, 4) is 0 Å². The molecule has 0 unspecified atom stereocenters. The van der Waals surface area contributed by atoms with Crippen molar-refractivity contribution in [2.45, 2.75) is 19.4 Å². The molecule has 1 aromatic rings. The molecule has 5 heteroatoms. The van der Waals surface area contributed by atoms with Crippen LogP contribution in [-0.2, 0) is 9.53 Å². The number of aromatic nitrogens is 1. The molecule has 0 aliphatic heterocycles. The number of hydrogen-bond donors (Lipinski definition) is 1. The maximum atomic E-state index is 11.7. The lowest BCUT2D eigenvalue weighted by Gasteiger charge is -2.13.